The van der Waals surface area contributed by atoms with Crippen LogP contribution in [0.1, 0.15) is 31.9 Å². The number of aliphatic carboxylic acids is 1. The Kier molecular flexibility index (Phi) is 3.18. The lowest BCUT2D eigenvalue weighted by Gasteiger charge is -2.07. The van der Waals surface area contributed by atoms with Crippen LogP contribution >= 0.6 is 0 Å². The fourth-order valence-electron chi connectivity index (χ4n) is 1.38. The maximum Gasteiger partial charge on any atom is 0.303 e. The summed E-state index contributed by atoms with van der Waals surface area (Å²) in [6.45, 7) is 3.87. The normalized spacial score (nSPS) is 10.9. The molecule has 0 spiro atoms. The van der Waals surface area contributed by atoms with Crippen molar-refractivity contribution in [2.75, 3.05) is 11.5 Å². The second-order valence-electron chi connectivity index (χ2n) is 3.68. The number of carbonyl (C=O) groups is 1. The number of anilines is 2. The summed E-state index contributed by atoms with van der Waals surface area (Å²) in [6, 6.07) is 0.117. The monoisotopic (exact) mass is 212 g/mol. The number of aromatic nitrogens is 2. The second kappa shape index (κ2) is 4.20. The quantitative estimate of drug-likeness (QED) is 0.679. The summed E-state index contributed by atoms with van der Waals surface area (Å²) in [5, 5.41) is 12.6. The van der Waals surface area contributed by atoms with Crippen molar-refractivity contribution < 1.29 is 9.90 Å². The minimum atomic E-state index is -0.869. The lowest BCUT2D eigenvalue weighted by atomic mass is 10.1. The van der Waals surface area contributed by atoms with Crippen LogP contribution in [-0.2, 0) is 11.2 Å². The second-order valence-corrected chi connectivity index (χ2v) is 3.68. The van der Waals surface area contributed by atoms with E-state index in [1.54, 1.807) is 4.68 Å². The third-order valence-electron chi connectivity index (χ3n) is 2.16. The topological polar surface area (TPSA) is 107 Å². The Bertz CT molecular complexity index is 370. The molecule has 15 heavy (non-hydrogen) atoms. The van der Waals surface area contributed by atoms with Crippen LogP contribution in [0.4, 0.5) is 11.6 Å². The van der Waals surface area contributed by atoms with Gasteiger partial charge in [0, 0.05) is 18.0 Å². The maximum absolute atomic E-state index is 10.4. The van der Waals surface area contributed by atoms with E-state index in [-0.39, 0.29) is 12.5 Å². The van der Waals surface area contributed by atoms with E-state index in [4.69, 9.17) is 16.6 Å². The Morgan fingerprint density at radius 3 is 2.53 bits per heavy atom. The predicted molar refractivity (Wildman–Crippen MR) is 57.4 cm³/mol. The van der Waals surface area contributed by atoms with E-state index >= 15 is 0 Å². The molecule has 0 saturated heterocycles. The van der Waals surface area contributed by atoms with Crippen molar-refractivity contribution in [2.45, 2.75) is 32.7 Å². The van der Waals surface area contributed by atoms with E-state index < -0.39 is 5.97 Å². The van der Waals surface area contributed by atoms with Crippen molar-refractivity contribution in [2.24, 2.45) is 0 Å². The van der Waals surface area contributed by atoms with Gasteiger partial charge in [-0.25, -0.2) is 4.68 Å². The average Bonchev–Trinajstić information content (AvgIpc) is 2.39. The third-order valence-corrected chi connectivity index (χ3v) is 2.16. The van der Waals surface area contributed by atoms with Gasteiger partial charge in [-0.15, -0.1) is 0 Å². The molecule has 1 heterocycles. The van der Waals surface area contributed by atoms with Gasteiger partial charge in [0.05, 0.1) is 0 Å². The van der Waals surface area contributed by atoms with Gasteiger partial charge in [0.25, 0.3) is 0 Å². The van der Waals surface area contributed by atoms with Gasteiger partial charge < -0.3 is 16.6 Å². The van der Waals surface area contributed by atoms with Crippen LogP contribution in [0.15, 0.2) is 0 Å². The number of hydrogen-bond donors (Lipinski definition) is 3. The fraction of sp³-hybridized carbons (Fsp3) is 0.556. The molecule has 0 aliphatic carbocycles. The fourth-order valence-corrected chi connectivity index (χ4v) is 1.38. The minimum Gasteiger partial charge on any atom is -0.481 e. The van der Waals surface area contributed by atoms with Gasteiger partial charge in [-0.1, -0.05) is 0 Å². The maximum atomic E-state index is 10.4. The van der Waals surface area contributed by atoms with Crippen LogP contribution in [-0.4, -0.2) is 20.9 Å². The third kappa shape index (κ3) is 2.39. The van der Waals surface area contributed by atoms with Crippen LogP contribution in [0.2, 0.25) is 0 Å². The zero-order valence-electron chi connectivity index (χ0n) is 8.90. The predicted octanol–water partition coefficient (Wildman–Crippen LogP) is 0.646. The zero-order valence-corrected chi connectivity index (χ0v) is 8.90. The lowest BCUT2D eigenvalue weighted by molar-refractivity contribution is -0.136. The Morgan fingerprint density at radius 2 is 2.13 bits per heavy atom. The Hall–Kier alpha value is -1.72. The van der Waals surface area contributed by atoms with Crippen molar-refractivity contribution in [3.05, 3.63) is 5.56 Å². The standard InChI is InChI=1S/C9H16N4O2/c1-5(2)13-9(11)6(8(10)12-13)3-4-7(14)15/h5H,3-4,11H2,1-2H3,(H2,10,12)(H,14,15). The van der Waals surface area contributed by atoms with Crippen LogP contribution < -0.4 is 11.5 Å². The smallest absolute Gasteiger partial charge is 0.303 e. The zero-order chi connectivity index (χ0) is 11.6. The Labute approximate surface area is 87.9 Å². The highest BCUT2D eigenvalue weighted by Gasteiger charge is 2.15. The molecular formula is C9H16N4O2. The number of carboxylic acid groups (broad SMARTS) is 1. The van der Waals surface area contributed by atoms with Crippen molar-refractivity contribution in [1.29, 1.82) is 0 Å². The molecule has 0 amide bonds. The first-order valence-corrected chi connectivity index (χ1v) is 4.77. The van der Waals surface area contributed by atoms with Crippen LogP contribution in [0.25, 0.3) is 0 Å². The van der Waals surface area contributed by atoms with Crippen molar-refractivity contribution in [3.8, 4) is 0 Å². The molecular weight excluding hydrogens is 196 g/mol. The highest BCUT2D eigenvalue weighted by atomic mass is 16.4. The first-order chi connectivity index (χ1) is 6.93. The minimum absolute atomic E-state index is 0.0121. The van der Waals surface area contributed by atoms with Gasteiger partial charge in [-0.05, 0) is 20.3 Å². The number of nitrogens with zero attached hydrogens (tertiary/aromatic N) is 2. The van der Waals surface area contributed by atoms with Gasteiger partial charge in [0.15, 0.2) is 5.82 Å². The molecule has 0 unspecified atom stereocenters. The van der Waals surface area contributed by atoms with Gasteiger partial charge >= 0.3 is 5.97 Å². The number of carboxylic acids is 1. The molecule has 0 aromatic carbocycles. The SMILES string of the molecule is CC(C)n1nc(N)c(CCC(=O)O)c1N. The molecule has 0 aliphatic rings. The number of nitrogen functional groups attached to an aromatic ring is 2. The van der Waals surface area contributed by atoms with E-state index in [9.17, 15) is 4.79 Å². The number of hydrogen-bond acceptors (Lipinski definition) is 4. The van der Waals surface area contributed by atoms with E-state index in [2.05, 4.69) is 5.10 Å². The van der Waals surface area contributed by atoms with Crippen LogP contribution in [0.3, 0.4) is 0 Å². The van der Waals surface area contributed by atoms with Crippen LogP contribution in [0, 0.1) is 0 Å². The van der Waals surface area contributed by atoms with Gasteiger partial charge in [0.2, 0.25) is 0 Å². The van der Waals surface area contributed by atoms with Gasteiger partial charge in [-0.3, -0.25) is 4.79 Å². The lowest BCUT2D eigenvalue weighted by Crippen LogP contribution is -2.08. The molecule has 0 fully saturated rings. The highest BCUT2D eigenvalue weighted by Crippen LogP contribution is 2.23. The molecule has 6 nitrogen and oxygen atoms in total. The molecule has 0 saturated carbocycles. The van der Waals surface area contributed by atoms with Crippen molar-refractivity contribution in [1.82, 2.24) is 9.78 Å². The van der Waals surface area contributed by atoms with Crippen LogP contribution in [0.5, 0.6) is 0 Å². The molecule has 0 atom stereocenters. The Balaban J connectivity index is 2.92. The molecule has 0 bridgehead atoms. The molecule has 5 N–H and O–H groups in total. The van der Waals surface area contributed by atoms with E-state index in [0.717, 1.165) is 0 Å². The number of rotatable bonds is 4. The number of nitrogens with two attached hydrogens (primary N) is 2. The van der Waals surface area contributed by atoms with Crippen molar-refractivity contribution >= 4 is 17.6 Å². The Morgan fingerprint density at radius 1 is 1.53 bits per heavy atom. The molecule has 6 heteroatoms. The summed E-state index contributed by atoms with van der Waals surface area (Å²) in [6.07, 6.45) is 0.331. The summed E-state index contributed by atoms with van der Waals surface area (Å²) >= 11 is 0. The highest BCUT2D eigenvalue weighted by molar-refractivity contribution is 5.68. The summed E-state index contributed by atoms with van der Waals surface area (Å²) < 4.78 is 1.60. The molecule has 1 rings (SSSR count). The van der Waals surface area contributed by atoms with E-state index in [1.807, 2.05) is 13.8 Å². The van der Waals surface area contributed by atoms with Crippen molar-refractivity contribution in [3.63, 3.8) is 0 Å². The van der Waals surface area contributed by atoms with Gasteiger partial charge in [-0.2, -0.15) is 5.10 Å². The first kappa shape index (κ1) is 11.4. The van der Waals surface area contributed by atoms with E-state index in [0.29, 0.717) is 23.6 Å². The molecule has 84 valence electrons. The molecule has 0 aliphatic heterocycles. The summed E-state index contributed by atoms with van der Waals surface area (Å²) in [5.41, 5.74) is 12.1. The summed E-state index contributed by atoms with van der Waals surface area (Å²) in [5.74, 6) is -0.0858. The average molecular weight is 212 g/mol. The summed E-state index contributed by atoms with van der Waals surface area (Å²) in [7, 11) is 0. The molecule has 1 aromatic heterocycles. The summed E-state index contributed by atoms with van der Waals surface area (Å²) in [4.78, 5) is 10.4. The van der Waals surface area contributed by atoms with Gasteiger partial charge in [0.1, 0.15) is 5.82 Å². The first-order valence-electron chi connectivity index (χ1n) is 4.77. The molecule has 1 aromatic rings. The molecule has 0 radical (unpaired) electrons. The van der Waals surface area contributed by atoms with E-state index in [1.165, 1.54) is 0 Å². The largest absolute Gasteiger partial charge is 0.481 e.